The van der Waals surface area contributed by atoms with Crippen molar-refractivity contribution < 1.29 is 38.7 Å². The summed E-state index contributed by atoms with van der Waals surface area (Å²) in [6.45, 7) is 3.29. The predicted molar refractivity (Wildman–Crippen MR) is 107 cm³/mol. The van der Waals surface area contributed by atoms with Gasteiger partial charge in [-0.15, -0.1) is 0 Å². The van der Waals surface area contributed by atoms with Gasteiger partial charge in [0.2, 0.25) is 0 Å². The summed E-state index contributed by atoms with van der Waals surface area (Å²) < 4.78 is 22.8. The SMILES string of the molecule is CC1(C)O[C@H]2[C@H](OC(=O)c3ccccc3)[C@@H](OC(=O)c3ccccc3)[C@H](O)[C@H](O)[C@@H]2O1. The van der Waals surface area contributed by atoms with E-state index < -0.39 is 54.3 Å². The summed E-state index contributed by atoms with van der Waals surface area (Å²) in [5.41, 5.74) is 0.536. The monoisotopic (exact) mass is 428 g/mol. The molecule has 0 bridgehead atoms. The first-order valence-electron chi connectivity index (χ1n) is 10.0. The van der Waals surface area contributed by atoms with Gasteiger partial charge < -0.3 is 29.2 Å². The molecule has 31 heavy (non-hydrogen) atoms. The number of aliphatic hydroxyl groups excluding tert-OH is 2. The zero-order chi connectivity index (χ0) is 22.2. The molecule has 164 valence electrons. The fourth-order valence-electron chi connectivity index (χ4n) is 3.91. The largest absolute Gasteiger partial charge is 0.452 e. The number of carbonyl (C=O) groups is 2. The molecule has 2 N–H and O–H groups in total. The van der Waals surface area contributed by atoms with Crippen molar-refractivity contribution in [1.29, 1.82) is 0 Å². The maximum absolute atomic E-state index is 12.7. The van der Waals surface area contributed by atoms with E-state index in [2.05, 4.69) is 0 Å². The summed E-state index contributed by atoms with van der Waals surface area (Å²) in [6.07, 6.45) is -7.45. The van der Waals surface area contributed by atoms with E-state index in [1.807, 2.05) is 0 Å². The highest BCUT2D eigenvalue weighted by atomic mass is 16.8. The zero-order valence-corrected chi connectivity index (χ0v) is 17.1. The molecule has 2 aromatic carbocycles. The molecule has 0 spiro atoms. The average Bonchev–Trinajstić information content (AvgIpc) is 3.10. The van der Waals surface area contributed by atoms with E-state index >= 15 is 0 Å². The molecular formula is C23H24O8. The third-order valence-corrected chi connectivity index (χ3v) is 5.34. The smallest absolute Gasteiger partial charge is 0.338 e. The molecule has 8 heteroatoms. The molecule has 1 heterocycles. The lowest BCUT2D eigenvalue weighted by atomic mass is 9.84. The van der Waals surface area contributed by atoms with Gasteiger partial charge in [0.25, 0.3) is 0 Å². The minimum absolute atomic E-state index is 0.253. The molecular weight excluding hydrogens is 404 g/mol. The van der Waals surface area contributed by atoms with Crippen LogP contribution in [0, 0.1) is 0 Å². The maximum atomic E-state index is 12.7. The molecule has 1 aliphatic carbocycles. The number of carbonyl (C=O) groups excluding carboxylic acids is 2. The summed E-state index contributed by atoms with van der Waals surface area (Å²) in [6, 6.07) is 16.5. The van der Waals surface area contributed by atoms with Gasteiger partial charge in [-0.3, -0.25) is 0 Å². The summed E-state index contributed by atoms with van der Waals surface area (Å²) in [5.74, 6) is -2.50. The number of ether oxygens (including phenoxy) is 4. The minimum atomic E-state index is -1.56. The third kappa shape index (κ3) is 4.33. The van der Waals surface area contributed by atoms with Gasteiger partial charge in [0.05, 0.1) is 11.1 Å². The van der Waals surface area contributed by atoms with Gasteiger partial charge in [-0.25, -0.2) is 9.59 Å². The Labute approximate surface area is 179 Å². The lowest BCUT2D eigenvalue weighted by molar-refractivity contribution is -0.193. The Morgan fingerprint density at radius 3 is 1.71 bits per heavy atom. The summed E-state index contributed by atoms with van der Waals surface area (Å²) >= 11 is 0. The van der Waals surface area contributed by atoms with Gasteiger partial charge in [0.15, 0.2) is 18.0 Å². The number of hydrogen-bond acceptors (Lipinski definition) is 8. The summed E-state index contributed by atoms with van der Waals surface area (Å²) in [4.78, 5) is 25.4. The van der Waals surface area contributed by atoms with Crippen LogP contribution in [0.5, 0.6) is 0 Å². The molecule has 2 fully saturated rings. The van der Waals surface area contributed by atoms with Crippen LogP contribution < -0.4 is 0 Å². The van der Waals surface area contributed by atoms with E-state index in [0.29, 0.717) is 0 Å². The fraction of sp³-hybridized carbons (Fsp3) is 0.391. The number of esters is 2. The van der Waals surface area contributed by atoms with Crippen molar-refractivity contribution in [3.05, 3.63) is 71.8 Å². The number of hydrogen-bond donors (Lipinski definition) is 2. The molecule has 0 radical (unpaired) electrons. The van der Waals surface area contributed by atoms with Crippen molar-refractivity contribution in [2.75, 3.05) is 0 Å². The number of benzene rings is 2. The second-order valence-electron chi connectivity index (χ2n) is 8.02. The van der Waals surface area contributed by atoms with Crippen LogP contribution in [0.15, 0.2) is 60.7 Å². The molecule has 1 saturated carbocycles. The highest BCUT2D eigenvalue weighted by Gasteiger charge is 2.60. The molecule has 0 unspecified atom stereocenters. The fourth-order valence-corrected chi connectivity index (χ4v) is 3.91. The van der Waals surface area contributed by atoms with E-state index in [9.17, 15) is 19.8 Å². The summed E-state index contributed by atoms with van der Waals surface area (Å²) in [5, 5.41) is 21.4. The zero-order valence-electron chi connectivity index (χ0n) is 17.1. The van der Waals surface area contributed by atoms with Gasteiger partial charge >= 0.3 is 11.9 Å². The van der Waals surface area contributed by atoms with Crippen molar-refractivity contribution in [1.82, 2.24) is 0 Å². The molecule has 2 aromatic rings. The second-order valence-corrected chi connectivity index (χ2v) is 8.02. The van der Waals surface area contributed by atoms with Gasteiger partial charge in [-0.2, -0.15) is 0 Å². The van der Waals surface area contributed by atoms with Crippen LogP contribution in [0.3, 0.4) is 0 Å². The molecule has 0 aromatic heterocycles. The quantitative estimate of drug-likeness (QED) is 0.708. The van der Waals surface area contributed by atoms with Crippen molar-refractivity contribution in [2.24, 2.45) is 0 Å². The molecule has 2 aliphatic rings. The van der Waals surface area contributed by atoms with Crippen LogP contribution in [-0.4, -0.2) is 64.6 Å². The number of aliphatic hydroxyl groups is 2. The Morgan fingerprint density at radius 2 is 1.19 bits per heavy atom. The predicted octanol–water partition coefficient (Wildman–Crippen LogP) is 1.69. The van der Waals surface area contributed by atoms with Crippen molar-refractivity contribution in [2.45, 2.75) is 56.3 Å². The van der Waals surface area contributed by atoms with Crippen LogP contribution in [0.1, 0.15) is 34.6 Å². The highest BCUT2D eigenvalue weighted by molar-refractivity contribution is 5.90. The molecule has 0 amide bonds. The Kier molecular flexibility index (Phi) is 5.81. The molecule has 4 rings (SSSR count). The Morgan fingerprint density at radius 1 is 0.742 bits per heavy atom. The maximum Gasteiger partial charge on any atom is 0.338 e. The Hall–Kier alpha value is -2.78. The lowest BCUT2D eigenvalue weighted by Crippen LogP contribution is -2.64. The average molecular weight is 428 g/mol. The highest BCUT2D eigenvalue weighted by Crippen LogP contribution is 2.40. The molecule has 1 saturated heterocycles. The number of fused-ring (bicyclic) bond motifs is 1. The third-order valence-electron chi connectivity index (χ3n) is 5.34. The van der Waals surface area contributed by atoms with Gasteiger partial charge in [0, 0.05) is 0 Å². The van der Waals surface area contributed by atoms with E-state index in [4.69, 9.17) is 18.9 Å². The second kappa shape index (κ2) is 8.39. The normalized spacial score (nSPS) is 31.5. The van der Waals surface area contributed by atoms with Gasteiger partial charge in [-0.05, 0) is 38.1 Å². The van der Waals surface area contributed by atoms with Crippen LogP contribution in [0.25, 0.3) is 0 Å². The molecule has 8 nitrogen and oxygen atoms in total. The minimum Gasteiger partial charge on any atom is -0.452 e. The first-order valence-corrected chi connectivity index (χ1v) is 10.0. The van der Waals surface area contributed by atoms with Gasteiger partial charge in [0.1, 0.15) is 24.4 Å². The van der Waals surface area contributed by atoms with E-state index in [1.165, 1.54) is 0 Å². The van der Waals surface area contributed by atoms with Crippen molar-refractivity contribution in [3.8, 4) is 0 Å². The Bertz CT molecular complexity index is 929. The standard InChI is InChI=1S/C23H24O8/c1-23(2)30-18-16(25)15(24)17(28-21(26)13-9-5-3-6-10-13)19(20(18)31-23)29-22(27)14-11-7-4-8-12-14/h3-12,15-20,24-25H,1-2H3/t15-,16+,17+,18+,19-,20-/m1/s1. The van der Waals surface area contributed by atoms with E-state index in [-0.39, 0.29) is 11.1 Å². The van der Waals surface area contributed by atoms with Crippen LogP contribution in [0.4, 0.5) is 0 Å². The van der Waals surface area contributed by atoms with Crippen molar-refractivity contribution in [3.63, 3.8) is 0 Å². The molecule has 1 aliphatic heterocycles. The topological polar surface area (TPSA) is 112 Å². The lowest BCUT2D eigenvalue weighted by Gasteiger charge is -2.42. The molecule has 6 atom stereocenters. The summed E-state index contributed by atoms with van der Waals surface area (Å²) in [7, 11) is 0. The Balaban J connectivity index is 1.64. The number of rotatable bonds is 4. The first kappa shape index (κ1) is 21.5. The van der Waals surface area contributed by atoms with E-state index in [0.717, 1.165) is 0 Å². The van der Waals surface area contributed by atoms with Crippen LogP contribution >= 0.6 is 0 Å². The van der Waals surface area contributed by atoms with Crippen LogP contribution in [0.2, 0.25) is 0 Å². The van der Waals surface area contributed by atoms with Gasteiger partial charge in [-0.1, -0.05) is 36.4 Å². The van der Waals surface area contributed by atoms with Crippen LogP contribution in [-0.2, 0) is 18.9 Å². The van der Waals surface area contributed by atoms with E-state index in [1.54, 1.807) is 74.5 Å². The van der Waals surface area contributed by atoms with Crippen molar-refractivity contribution >= 4 is 11.9 Å². The first-order chi connectivity index (χ1) is 14.8.